The molecule has 0 spiro atoms. The number of carbonyl (C=O) groups is 2. The van der Waals surface area contributed by atoms with Gasteiger partial charge in [-0.05, 0) is 25.0 Å². The predicted octanol–water partition coefficient (Wildman–Crippen LogP) is 1.17. The summed E-state index contributed by atoms with van der Waals surface area (Å²) in [7, 11) is 1.24. The molecule has 1 fully saturated rings. The predicted molar refractivity (Wildman–Crippen MR) is 64.0 cm³/mol. The Kier molecular flexibility index (Phi) is 3.45. The molecule has 1 aromatic heterocycles. The van der Waals surface area contributed by atoms with Gasteiger partial charge >= 0.3 is 11.9 Å². The van der Waals surface area contributed by atoms with Crippen LogP contribution in [0.5, 0.6) is 0 Å². The fraction of sp³-hybridized carbons (Fsp3) is 0.417. The highest BCUT2D eigenvalue weighted by Gasteiger charge is 2.19. The van der Waals surface area contributed by atoms with Crippen molar-refractivity contribution in [2.24, 2.45) is 0 Å². The maximum atomic E-state index is 11.5. The summed E-state index contributed by atoms with van der Waals surface area (Å²) >= 11 is 0. The van der Waals surface area contributed by atoms with Crippen LogP contribution in [0.4, 0.5) is 5.82 Å². The molecule has 1 saturated heterocycles. The minimum Gasteiger partial charge on any atom is -0.478 e. The molecule has 0 atom stereocenters. The van der Waals surface area contributed by atoms with E-state index in [1.54, 1.807) is 0 Å². The number of carboxylic acids is 1. The van der Waals surface area contributed by atoms with E-state index >= 15 is 0 Å². The summed E-state index contributed by atoms with van der Waals surface area (Å²) in [5.41, 5.74) is 0.0756. The van der Waals surface area contributed by atoms with Gasteiger partial charge < -0.3 is 14.7 Å². The number of aromatic carboxylic acids is 1. The molecule has 0 aliphatic carbocycles. The zero-order valence-electron chi connectivity index (χ0n) is 10.0. The zero-order chi connectivity index (χ0) is 13.1. The van der Waals surface area contributed by atoms with Crippen molar-refractivity contribution in [3.8, 4) is 0 Å². The molecule has 2 rings (SSSR count). The van der Waals surface area contributed by atoms with Crippen molar-refractivity contribution in [3.63, 3.8) is 0 Å². The van der Waals surface area contributed by atoms with Gasteiger partial charge in [0.2, 0.25) is 0 Å². The second-order valence-electron chi connectivity index (χ2n) is 4.09. The largest absolute Gasteiger partial charge is 0.478 e. The smallest absolute Gasteiger partial charge is 0.356 e. The van der Waals surface area contributed by atoms with Gasteiger partial charge in [-0.2, -0.15) is 0 Å². The fourth-order valence-corrected chi connectivity index (χ4v) is 1.96. The molecule has 0 saturated carbocycles. The van der Waals surface area contributed by atoms with Crippen LogP contribution in [-0.2, 0) is 4.74 Å². The van der Waals surface area contributed by atoms with Gasteiger partial charge in [-0.1, -0.05) is 0 Å². The van der Waals surface area contributed by atoms with Crippen molar-refractivity contribution >= 4 is 17.8 Å². The molecule has 0 unspecified atom stereocenters. The lowest BCUT2D eigenvalue weighted by atomic mass is 10.2. The van der Waals surface area contributed by atoms with Gasteiger partial charge in [0.25, 0.3) is 0 Å². The van der Waals surface area contributed by atoms with Gasteiger partial charge in [0.05, 0.1) is 12.7 Å². The summed E-state index contributed by atoms with van der Waals surface area (Å²) in [5.74, 6) is -1.19. The monoisotopic (exact) mass is 250 g/mol. The minimum atomic E-state index is -1.08. The fourth-order valence-electron chi connectivity index (χ4n) is 1.96. The molecule has 96 valence electrons. The highest BCUT2D eigenvalue weighted by Crippen LogP contribution is 2.20. The number of hydrogen-bond donors (Lipinski definition) is 1. The first kappa shape index (κ1) is 12.3. The molecule has 0 aromatic carbocycles. The van der Waals surface area contributed by atoms with Crippen molar-refractivity contribution in [1.29, 1.82) is 0 Å². The number of hydrogen-bond acceptors (Lipinski definition) is 5. The Morgan fingerprint density at radius 2 is 2.00 bits per heavy atom. The molecule has 1 N–H and O–H groups in total. The summed E-state index contributed by atoms with van der Waals surface area (Å²) in [5, 5.41) is 9.03. The minimum absolute atomic E-state index is 0.0271. The molecule has 0 bridgehead atoms. The van der Waals surface area contributed by atoms with Gasteiger partial charge in [-0.3, -0.25) is 0 Å². The van der Waals surface area contributed by atoms with Gasteiger partial charge in [-0.25, -0.2) is 14.6 Å². The van der Waals surface area contributed by atoms with Crippen LogP contribution in [-0.4, -0.2) is 42.2 Å². The Labute approximate surface area is 104 Å². The third kappa shape index (κ3) is 2.42. The zero-order valence-corrected chi connectivity index (χ0v) is 10.0. The second kappa shape index (κ2) is 5.03. The normalized spacial score (nSPS) is 14.6. The van der Waals surface area contributed by atoms with E-state index in [9.17, 15) is 9.59 Å². The van der Waals surface area contributed by atoms with E-state index in [1.165, 1.54) is 19.2 Å². The first-order valence-electron chi connectivity index (χ1n) is 5.70. The third-order valence-corrected chi connectivity index (χ3v) is 2.88. The highest BCUT2D eigenvalue weighted by molar-refractivity contribution is 5.94. The Bertz CT molecular complexity index is 481. The van der Waals surface area contributed by atoms with Gasteiger partial charge in [0, 0.05) is 13.1 Å². The van der Waals surface area contributed by atoms with E-state index in [4.69, 9.17) is 5.11 Å². The summed E-state index contributed by atoms with van der Waals surface area (Å²) in [6, 6.07) is 2.72. The molecule has 0 amide bonds. The number of esters is 1. The molecule has 6 heteroatoms. The highest BCUT2D eigenvalue weighted by atomic mass is 16.5. The summed E-state index contributed by atoms with van der Waals surface area (Å²) in [4.78, 5) is 28.6. The summed E-state index contributed by atoms with van der Waals surface area (Å²) < 4.78 is 4.58. The van der Waals surface area contributed by atoms with Crippen LogP contribution in [0.25, 0.3) is 0 Å². The summed E-state index contributed by atoms with van der Waals surface area (Å²) in [6.45, 7) is 1.66. The Balaban J connectivity index is 2.42. The Morgan fingerprint density at radius 3 is 2.56 bits per heavy atom. The van der Waals surface area contributed by atoms with Crippen molar-refractivity contribution in [2.45, 2.75) is 12.8 Å². The number of nitrogens with zero attached hydrogens (tertiary/aromatic N) is 2. The molecule has 6 nitrogen and oxygen atoms in total. The van der Waals surface area contributed by atoms with Crippen molar-refractivity contribution in [3.05, 3.63) is 23.4 Å². The average molecular weight is 250 g/mol. The standard InChI is InChI=1S/C12H14N2O4/c1-18-12(17)9-6-8(11(15)16)7-10(13-9)14-4-2-3-5-14/h6-7H,2-5H2,1H3,(H,15,16). The molecule has 2 heterocycles. The van der Waals surface area contributed by atoms with E-state index in [2.05, 4.69) is 9.72 Å². The van der Waals surface area contributed by atoms with Crippen molar-refractivity contribution < 1.29 is 19.4 Å². The van der Waals surface area contributed by atoms with Crippen LogP contribution >= 0.6 is 0 Å². The van der Waals surface area contributed by atoms with Crippen LogP contribution in [0.2, 0.25) is 0 Å². The van der Waals surface area contributed by atoms with Gasteiger partial charge in [-0.15, -0.1) is 0 Å². The molecular formula is C12H14N2O4. The topological polar surface area (TPSA) is 79.7 Å². The number of pyridine rings is 1. The number of ether oxygens (including phenoxy) is 1. The van der Waals surface area contributed by atoms with E-state index in [1.807, 2.05) is 4.90 Å². The summed E-state index contributed by atoms with van der Waals surface area (Å²) in [6.07, 6.45) is 2.10. The van der Waals surface area contributed by atoms with Crippen LogP contribution in [0.1, 0.15) is 33.7 Å². The number of aromatic nitrogens is 1. The number of rotatable bonds is 3. The average Bonchev–Trinajstić information content (AvgIpc) is 2.91. The van der Waals surface area contributed by atoms with Gasteiger partial charge in [0.1, 0.15) is 5.82 Å². The van der Waals surface area contributed by atoms with Crippen LogP contribution in [0.3, 0.4) is 0 Å². The van der Waals surface area contributed by atoms with Crippen LogP contribution < -0.4 is 4.90 Å². The number of carbonyl (C=O) groups excluding carboxylic acids is 1. The van der Waals surface area contributed by atoms with E-state index < -0.39 is 11.9 Å². The van der Waals surface area contributed by atoms with Crippen LogP contribution in [0.15, 0.2) is 12.1 Å². The molecule has 1 aliphatic heterocycles. The van der Waals surface area contributed by atoms with E-state index in [-0.39, 0.29) is 11.3 Å². The molecule has 0 radical (unpaired) electrons. The third-order valence-electron chi connectivity index (χ3n) is 2.88. The number of methoxy groups -OCH3 is 1. The Morgan fingerprint density at radius 1 is 1.33 bits per heavy atom. The van der Waals surface area contributed by atoms with Crippen LogP contribution in [0, 0.1) is 0 Å². The first-order valence-corrected chi connectivity index (χ1v) is 5.70. The van der Waals surface area contributed by atoms with E-state index in [0.29, 0.717) is 5.82 Å². The second-order valence-corrected chi connectivity index (χ2v) is 4.09. The van der Waals surface area contributed by atoms with Gasteiger partial charge in [0.15, 0.2) is 5.69 Å². The SMILES string of the molecule is COC(=O)c1cc(C(=O)O)cc(N2CCCC2)n1. The van der Waals surface area contributed by atoms with E-state index in [0.717, 1.165) is 25.9 Å². The first-order chi connectivity index (χ1) is 8.61. The lowest BCUT2D eigenvalue weighted by molar-refractivity contribution is 0.0594. The Hall–Kier alpha value is -2.11. The quantitative estimate of drug-likeness (QED) is 0.811. The molecule has 1 aromatic rings. The van der Waals surface area contributed by atoms with Crippen molar-refractivity contribution in [2.75, 3.05) is 25.1 Å². The lowest BCUT2D eigenvalue weighted by Gasteiger charge is -2.17. The molecular weight excluding hydrogens is 236 g/mol. The van der Waals surface area contributed by atoms with Crippen molar-refractivity contribution in [1.82, 2.24) is 4.98 Å². The maximum Gasteiger partial charge on any atom is 0.356 e. The number of anilines is 1. The number of carboxylic acid groups (broad SMARTS) is 1. The molecule has 18 heavy (non-hydrogen) atoms. The molecule has 1 aliphatic rings. The lowest BCUT2D eigenvalue weighted by Crippen LogP contribution is -2.21. The maximum absolute atomic E-state index is 11.5.